The fourth-order valence-electron chi connectivity index (χ4n) is 3.20. The lowest BCUT2D eigenvalue weighted by molar-refractivity contribution is 0.690. The quantitative estimate of drug-likeness (QED) is 0.555. The average molecular weight is 346 g/mol. The zero-order chi connectivity index (χ0) is 15.8. The van der Waals surface area contributed by atoms with Crippen LogP contribution in [0.5, 0.6) is 0 Å². The van der Waals surface area contributed by atoms with E-state index >= 15 is 0 Å². The summed E-state index contributed by atoms with van der Waals surface area (Å²) in [5, 5.41) is 1.31. The molecule has 0 radical (unpaired) electrons. The summed E-state index contributed by atoms with van der Waals surface area (Å²) in [5.74, 6) is 0. The van der Waals surface area contributed by atoms with E-state index in [9.17, 15) is 0 Å². The summed E-state index contributed by atoms with van der Waals surface area (Å²) in [4.78, 5) is 0. The summed E-state index contributed by atoms with van der Waals surface area (Å²) in [7, 11) is 1.40. The Labute approximate surface area is 132 Å². The van der Waals surface area contributed by atoms with Crippen molar-refractivity contribution in [2.24, 2.45) is 0 Å². The van der Waals surface area contributed by atoms with Crippen molar-refractivity contribution in [3.63, 3.8) is 0 Å². The second kappa shape index (κ2) is 6.14. The molecule has 0 heterocycles. The zero-order valence-corrected chi connectivity index (χ0v) is 17.8. The fraction of sp³-hybridized carbons (Fsp3) is 0.533. The second-order valence-corrected chi connectivity index (χ2v) is 23.3. The molecule has 0 aromatic heterocycles. The van der Waals surface area contributed by atoms with Crippen molar-refractivity contribution in [2.45, 2.75) is 39.3 Å². The molecule has 1 unspecified atom stereocenters. The maximum absolute atomic E-state index is 7.40. The van der Waals surface area contributed by atoms with Crippen molar-refractivity contribution in [2.75, 3.05) is 14.1 Å². The van der Waals surface area contributed by atoms with E-state index < -0.39 is 22.5 Å². The van der Waals surface area contributed by atoms with Gasteiger partial charge in [0.05, 0.1) is 22.5 Å². The Bertz CT molecular complexity index is 497. The standard InChI is InChI=1S/C15H29ClNPSi2/c1-17(2)18(16,14-12-10-9-11-13-14)15(19(3,4)5)20(6,7)8/h9-13H,1-8H3. The first-order valence-electron chi connectivity index (χ1n) is 7.12. The molecule has 0 bridgehead atoms. The van der Waals surface area contributed by atoms with Crippen molar-refractivity contribution in [1.82, 2.24) is 4.67 Å². The van der Waals surface area contributed by atoms with Gasteiger partial charge in [0.1, 0.15) is 0 Å². The van der Waals surface area contributed by atoms with Gasteiger partial charge in [0.15, 0.2) is 0 Å². The molecule has 0 aliphatic carbocycles. The molecule has 5 heteroatoms. The molecule has 0 spiro atoms. The van der Waals surface area contributed by atoms with Crippen LogP contribution in [0.1, 0.15) is 0 Å². The van der Waals surface area contributed by atoms with Crippen LogP contribution in [-0.2, 0) is 0 Å². The summed E-state index contributed by atoms with van der Waals surface area (Å²) in [6.07, 6.45) is -1.90. The molecule has 1 aromatic carbocycles. The monoisotopic (exact) mass is 345 g/mol. The van der Waals surface area contributed by atoms with Gasteiger partial charge in [-0.15, -0.1) is 0 Å². The number of hydrogen-bond donors (Lipinski definition) is 0. The lowest BCUT2D eigenvalue weighted by Crippen LogP contribution is -2.52. The van der Waals surface area contributed by atoms with Crippen LogP contribution in [0.3, 0.4) is 0 Å². The molecular weight excluding hydrogens is 317 g/mol. The minimum absolute atomic E-state index is 1.31. The molecule has 1 rings (SSSR count). The molecule has 0 saturated heterocycles. The fourth-order valence-corrected chi connectivity index (χ4v) is 27.9. The van der Waals surface area contributed by atoms with Crippen molar-refractivity contribution in [3.8, 4) is 0 Å². The van der Waals surface area contributed by atoms with Gasteiger partial charge >= 0.3 is 0 Å². The number of rotatable bonds is 4. The average Bonchev–Trinajstić information content (AvgIpc) is 2.25. The van der Waals surface area contributed by atoms with E-state index in [0.29, 0.717) is 0 Å². The van der Waals surface area contributed by atoms with Gasteiger partial charge in [-0.25, -0.2) is 0 Å². The third-order valence-electron chi connectivity index (χ3n) is 3.37. The largest absolute Gasteiger partial charge is 0.275 e. The molecule has 1 nitrogen and oxygen atoms in total. The Kier molecular flexibility index (Phi) is 5.60. The molecule has 0 fully saturated rings. The molecule has 1 atom stereocenters. The SMILES string of the molecule is CN(C)P(Cl)(=C([Si](C)(C)C)[Si](C)(C)C)c1ccccc1. The Morgan fingerprint density at radius 1 is 0.900 bits per heavy atom. The van der Waals surface area contributed by atoms with Crippen LogP contribution in [0, 0.1) is 0 Å². The van der Waals surface area contributed by atoms with E-state index in [1.807, 2.05) is 0 Å². The molecular formula is C15H29ClNPSi2. The van der Waals surface area contributed by atoms with E-state index in [2.05, 4.69) is 88.4 Å². The predicted octanol–water partition coefficient (Wildman–Crippen LogP) is 4.89. The third kappa shape index (κ3) is 3.69. The highest BCUT2D eigenvalue weighted by molar-refractivity contribution is 8.07. The van der Waals surface area contributed by atoms with E-state index in [0.717, 1.165) is 0 Å². The van der Waals surface area contributed by atoms with Gasteiger partial charge < -0.3 is 0 Å². The molecule has 1 aromatic rings. The number of nitrogens with zero attached hydrogens (tertiary/aromatic N) is 1. The molecule has 0 aliphatic heterocycles. The predicted molar refractivity (Wildman–Crippen MR) is 104 cm³/mol. The Morgan fingerprint density at radius 3 is 1.60 bits per heavy atom. The van der Waals surface area contributed by atoms with E-state index in [4.69, 9.17) is 11.2 Å². The first-order chi connectivity index (χ1) is 8.91. The van der Waals surface area contributed by atoms with Gasteiger partial charge in [-0.2, -0.15) is 0 Å². The first-order valence-corrected chi connectivity index (χ1v) is 16.8. The minimum atomic E-state index is -1.90. The highest BCUT2D eigenvalue weighted by Gasteiger charge is 2.40. The molecule has 0 aliphatic rings. The van der Waals surface area contributed by atoms with Crippen LogP contribution in [0.4, 0.5) is 0 Å². The van der Waals surface area contributed by atoms with Gasteiger partial charge in [0.25, 0.3) is 0 Å². The van der Waals surface area contributed by atoms with Crippen molar-refractivity contribution in [1.29, 1.82) is 0 Å². The summed E-state index contributed by atoms with van der Waals surface area (Å²) in [6, 6.07) is 10.7. The van der Waals surface area contributed by atoms with Gasteiger partial charge in [0.2, 0.25) is 0 Å². The molecule has 0 amide bonds. The van der Waals surface area contributed by atoms with Crippen molar-refractivity contribution < 1.29 is 0 Å². The van der Waals surface area contributed by atoms with Crippen molar-refractivity contribution in [3.05, 3.63) is 30.3 Å². The molecule has 114 valence electrons. The summed E-state index contributed by atoms with van der Waals surface area (Å²) in [5.41, 5.74) is 0. The summed E-state index contributed by atoms with van der Waals surface area (Å²) >= 11 is 7.40. The lowest BCUT2D eigenvalue weighted by atomic mass is 10.4. The van der Waals surface area contributed by atoms with E-state index in [1.54, 1.807) is 4.54 Å². The number of hydrogen-bond acceptors (Lipinski definition) is 1. The zero-order valence-electron chi connectivity index (χ0n) is 14.2. The van der Waals surface area contributed by atoms with Gasteiger partial charge in [0, 0.05) is 5.30 Å². The molecule has 0 saturated carbocycles. The van der Waals surface area contributed by atoms with E-state index in [1.165, 1.54) is 5.30 Å². The van der Waals surface area contributed by atoms with Gasteiger partial charge in [-0.3, -0.25) is 4.67 Å². The van der Waals surface area contributed by atoms with Crippen LogP contribution in [-0.4, -0.2) is 39.5 Å². The van der Waals surface area contributed by atoms with Crippen LogP contribution >= 0.6 is 17.6 Å². The highest BCUT2D eigenvalue weighted by Crippen LogP contribution is 2.57. The first kappa shape index (κ1) is 18.3. The maximum atomic E-state index is 7.40. The topological polar surface area (TPSA) is 3.24 Å². The van der Waals surface area contributed by atoms with Crippen LogP contribution in [0.2, 0.25) is 39.3 Å². The summed E-state index contributed by atoms with van der Waals surface area (Å²) < 4.78 is 4.02. The van der Waals surface area contributed by atoms with Crippen LogP contribution in [0.15, 0.2) is 30.3 Å². The highest BCUT2D eigenvalue weighted by atomic mass is 35.7. The second-order valence-electron chi connectivity index (χ2n) is 7.59. The smallest absolute Gasteiger partial charge is 0.0717 e. The molecule has 20 heavy (non-hydrogen) atoms. The Morgan fingerprint density at radius 2 is 1.30 bits per heavy atom. The Hall–Kier alpha value is 0.204. The minimum Gasteiger partial charge on any atom is -0.275 e. The maximum Gasteiger partial charge on any atom is 0.0717 e. The van der Waals surface area contributed by atoms with Gasteiger partial charge in [-0.05, 0) is 14.1 Å². The van der Waals surface area contributed by atoms with Gasteiger partial charge in [-0.1, -0.05) is 85.4 Å². The Balaban J connectivity index is 3.86. The summed E-state index contributed by atoms with van der Waals surface area (Å²) in [6.45, 7) is 14.7. The number of halogens is 1. The number of benzene rings is 1. The van der Waals surface area contributed by atoms with Crippen LogP contribution in [0.25, 0.3) is 0 Å². The van der Waals surface area contributed by atoms with Crippen LogP contribution < -0.4 is 5.30 Å². The third-order valence-corrected chi connectivity index (χ3v) is 22.2. The normalized spacial score (nSPS) is 16.1. The van der Waals surface area contributed by atoms with Crippen molar-refractivity contribution >= 4 is 43.6 Å². The lowest BCUT2D eigenvalue weighted by Gasteiger charge is -2.41. The van der Waals surface area contributed by atoms with E-state index in [-0.39, 0.29) is 0 Å². The molecule has 0 N–H and O–H groups in total.